The van der Waals surface area contributed by atoms with Gasteiger partial charge in [0.2, 0.25) is 15.9 Å². The maximum atomic E-state index is 13.1. The first-order valence-electron chi connectivity index (χ1n) is 8.85. The van der Waals surface area contributed by atoms with Crippen LogP contribution in [0.25, 0.3) is 0 Å². The van der Waals surface area contributed by atoms with Crippen molar-refractivity contribution in [1.82, 2.24) is 4.31 Å². The highest BCUT2D eigenvalue weighted by molar-refractivity contribution is 7.90. The number of carbonyl (C=O) groups is 1. The van der Waals surface area contributed by atoms with Gasteiger partial charge in [0, 0.05) is 25.5 Å². The Hall–Kier alpha value is -2.30. The zero-order valence-electron chi connectivity index (χ0n) is 16.0. The van der Waals surface area contributed by atoms with Crippen molar-refractivity contribution >= 4 is 31.5 Å². The maximum Gasteiger partial charge on any atom is 0.243 e. The third kappa shape index (κ3) is 4.49. The molecule has 2 aromatic carbocycles. The summed E-state index contributed by atoms with van der Waals surface area (Å²) in [7, 11) is -6.03. The fourth-order valence-corrected chi connectivity index (χ4v) is 5.00. The highest BCUT2D eigenvalue weighted by Gasteiger charge is 2.28. The normalized spacial score (nSPS) is 14.7. The zero-order chi connectivity index (χ0) is 21.4. The van der Waals surface area contributed by atoms with Gasteiger partial charge in [-0.05, 0) is 60.9 Å². The summed E-state index contributed by atoms with van der Waals surface area (Å²) in [5, 5.41) is 0. The molecule has 0 fully saturated rings. The number of hydrogen-bond acceptors (Lipinski definition) is 5. The lowest BCUT2D eigenvalue weighted by Gasteiger charge is -2.31. The van der Waals surface area contributed by atoms with E-state index in [1.165, 1.54) is 18.0 Å². The van der Waals surface area contributed by atoms with Gasteiger partial charge in [0.05, 0.1) is 16.3 Å². The number of rotatable bonds is 5. The molecule has 0 N–H and O–H groups in total. The van der Waals surface area contributed by atoms with Gasteiger partial charge in [-0.2, -0.15) is 4.31 Å². The molecule has 1 heterocycles. The molecule has 2 aromatic rings. The van der Waals surface area contributed by atoms with E-state index in [9.17, 15) is 26.0 Å². The number of sulfone groups is 1. The van der Waals surface area contributed by atoms with E-state index in [0.717, 1.165) is 40.4 Å². The lowest BCUT2D eigenvalue weighted by Crippen LogP contribution is -2.43. The van der Waals surface area contributed by atoms with Crippen LogP contribution in [-0.4, -0.2) is 53.4 Å². The van der Waals surface area contributed by atoms with E-state index in [1.54, 1.807) is 12.1 Å². The summed E-state index contributed by atoms with van der Waals surface area (Å²) in [6.45, 7) is 0.0153. The van der Waals surface area contributed by atoms with Crippen molar-refractivity contribution in [3.05, 3.63) is 53.8 Å². The second-order valence-corrected chi connectivity index (χ2v) is 11.0. The number of anilines is 1. The molecule has 1 aliphatic rings. The molecule has 0 aromatic heterocycles. The van der Waals surface area contributed by atoms with Gasteiger partial charge < -0.3 is 4.90 Å². The van der Waals surface area contributed by atoms with E-state index >= 15 is 0 Å². The number of nitrogens with zero attached hydrogens (tertiary/aromatic N) is 2. The number of aryl methyl sites for hydroxylation is 1. The highest BCUT2D eigenvalue weighted by atomic mass is 32.2. The summed E-state index contributed by atoms with van der Waals surface area (Å²) in [4.78, 5) is 14.4. The van der Waals surface area contributed by atoms with Crippen LogP contribution in [0.4, 0.5) is 10.1 Å². The molecule has 0 spiro atoms. The molecule has 1 aliphatic heterocycles. The number of hydrogen-bond donors (Lipinski definition) is 0. The summed E-state index contributed by atoms with van der Waals surface area (Å²) in [5.74, 6) is -0.979. The second kappa shape index (κ2) is 7.85. The van der Waals surface area contributed by atoms with Crippen molar-refractivity contribution in [2.45, 2.75) is 22.6 Å². The van der Waals surface area contributed by atoms with Crippen LogP contribution in [0, 0.1) is 5.82 Å². The number of fused-ring (bicyclic) bond motifs is 1. The average molecular weight is 441 g/mol. The van der Waals surface area contributed by atoms with Crippen LogP contribution < -0.4 is 4.90 Å². The van der Waals surface area contributed by atoms with E-state index in [4.69, 9.17) is 0 Å². The van der Waals surface area contributed by atoms with Crippen molar-refractivity contribution in [3.63, 3.8) is 0 Å². The van der Waals surface area contributed by atoms with Crippen molar-refractivity contribution in [2.75, 3.05) is 31.3 Å². The van der Waals surface area contributed by atoms with Crippen LogP contribution >= 0.6 is 0 Å². The first-order valence-corrected chi connectivity index (χ1v) is 12.2. The van der Waals surface area contributed by atoms with Crippen LogP contribution in [0.5, 0.6) is 0 Å². The Morgan fingerprint density at radius 3 is 2.31 bits per heavy atom. The Morgan fingerprint density at radius 2 is 1.69 bits per heavy atom. The molecule has 1 amide bonds. The third-order valence-corrected chi connectivity index (χ3v) is 7.71. The molecule has 3 rings (SSSR count). The summed E-state index contributed by atoms with van der Waals surface area (Å²) in [5.41, 5.74) is 1.32. The van der Waals surface area contributed by atoms with E-state index in [2.05, 4.69) is 0 Å². The molecule has 156 valence electrons. The topological polar surface area (TPSA) is 91.8 Å². The molecule has 0 saturated carbocycles. The van der Waals surface area contributed by atoms with E-state index in [1.807, 2.05) is 0 Å². The van der Waals surface area contributed by atoms with E-state index in [0.29, 0.717) is 25.1 Å². The number of sulfonamides is 1. The Labute approximate surface area is 169 Å². The molecule has 7 nitrogen and oxygen atoms in total. The standard InChI is InChI=1S/C19H21FN2O5S2/c1-21(29(26,27)16-7-5-15(20)6-8-16)13-19(23)22-11-3-4-14-12-17(28(2,24)25)9-10-18(14)22/h5-10,12H,3-4,11,13H2,1-2H3. The lowest BCUT2D eigenvalue weighted by molar-refractivity contribution is -0.118. The predicted molar refractivity (Wildman–Crippen MR) is 106 cm³/mol. The number of halogens is 1. The largest absolute Gasteiger partial charge is 0.311 e. The van der Waals surface area contributed by atoms with Crippen LogP contribution in [0.3, 0.4) is 0 Å². The Balaban J connectivity index is 1.82. The number of carbonyl (C=O) groups excluding carboxylic acids is 1. The molecule has 10 heteroatoms. The predicted octanol–water partition coefficient (Wildman–Crippen LogP) is 1.83. The molecule has 29 heavy (non-hydrogen) atoms. The smallest absolute Gasteiger partial charge is 0.243 e. The van der Waals surface area contributed by atoms with Gasteiger partial charge in [0.25, 0.3) is 0 Å². The fourth-order valence-electron chi connectivity index (χ4n) is 3.21. The molecular weight excluding hydrogens is 419 g/mol. The SMILES string of the molecule is CN(CC(=O)N1CCCc2cc(S(C)(=O)=O)ccc21)S(=O)(=O)c1ccc(F)cc1. The minimum absolute atomic E-state index is 0.106. The van der Waals surface area contributed by atoms with Crippen LogP contribution in [0.1, 0.15) is 12.0 Å². The first kappa shape index (κ1) is 21.4. The van der Waals surface area contributed by atoms with Gasteiger partial charge >= 0.3 is 0 Å². The molecule has 0 bridgehead atoms. The summed E-state index contributed by atoms with van der Waals surface area (Å²) >= 11 is 0. The van der Waals surface area contributed by atoms with Crippen LogP contribution in [0.15, 0.2) is 52.3 Å². The number of amides is 1. The molecule has 0 aliphatic carbocycles. The van der Waals surface area contributed by atoms with E-state index < -0.39 is 38.1 Å². The molecule has 0 unspecified atom stereocenters. The minimum atomic E-state index is -3.95. The molecule has 0 saturated heterocycles. The summed E-state index contributed by atoms with van der Waals surface area (Å²) in [6, 6.07) is 8.97. The minimum Gasteiger partial charge on any atom is -0.311 e. The zero-order valence-corrected chi connectivity index (χ0v) is 17.6. The van der Waals surface area contributed by atoms with Gasteiger partial charge in [-0.15, -0.1) is 0 Å². The first-order chi connectivity index (χ1) is 13.5. The van der Waals surface area contributed by atoms with Crippen LogP contribution in [-0.2, 0) is 31.1 Å². The third-order valence-electron chi connectivity index (χ3n) is 4.78. The summed E-state index contributed by atoms with van der Waals surface area (Å²) in [6.07, 6.45) is 2.39. The lowest BCUT2D eigenvalue weighted by atomic mass is 10.0. The fraction of sp³-hybridized carbons (Fsp3) is 0.316. The molecule has 0 atom stereocenters. The van der Waals surface area contributed by atoms with E-state index in [-0.39, 0.29) is 9.79 Å². The van der Waals surface area contributed by atoms with Gasteiger partial charge in [-0.1, -0.05) is 0 Å². The van der Waals surface area contributed by atoms with Gasteiger partial charge in [-0.25, -0.2) is 21.2 Å². The second-order valence-electron chi connectivity index (χ2n) is 6.93. The van der Waals surface area contributed by atoms with Gasteiger partial charge in [-0.3, -0.25) is 4.79 Å². The van der Waals surface area contributed by atoms with Crippen molar-refractivity contribution in [1.29, 1.82) is 0 Å². The quantitative estimate of drug-likeness (QED) is 0.707. The average Bonchev–Trinajstić information content (AvgIpc) is 2.66. The Kier molecular flexibility index (Phi) is 5.79. The van der Waals surface area contributed by atoms with Crippen molar-refractivity contribution < 1.29 is 26.0 Å². The highest BCUT2D eigenvalue weighted by Crippen LogP contribution is 2.30. The number of likely N-dealkylation sites (N-methyl/N-ethyl adjacent to an activating group) is 1. The van der Waals surface area contributed by atoms with Crippen molar-refractivity contribution in [2.24, 2.45) is 0 Å². The Morgan fingerprint density at radius 1 is 1.07 bits per heavy atom. The van der Waals surface area contributed by atoms with Gasteiger partial charge in [0.1, 0.15) is 5.82 Å². The van der Waals surface area contributed by atoms with Crippen LogP contribution in [0.2, 0.25) is 0 Å². The number of benzene rings is 2. The molecular formula is C19H21FN2O5S2. The summed E-state index contributed by atoms with van der Waals surface area (Å²) < 4.78 is 62.8. The van der Waals surface area contributed by atoms with Gasteiger partial charge in [0.15, 0.2) is 9.84 Å². The monoisotopic (exact) mass is 440 g/mol. The molecule has 0 radical (unpaired) electrons. The maximum absolute atomic E-state index is 13.1. The Bertz CT molecular complexity index is 1150. The van der Waals surface area contributed by atoms with Crippen molar-refractivity contribution in [3.8, 4) is 0 Å².